The number of hydrogen-bond donors (Lipinski definition) is 0. The maximum atomic E-state index is 2.70. The van der Waals surface area contributed by atoms with Crippen molar-refractivity contribution in [2.24, 2.45) is 46.3 Å². The Morgan fingerprint density at radius 3 is 2.04 bits per heavy atom. The minimum Gasteiger partial charge on any atom is -0.0648 e. The standard InChI is InChI=1S/C28H50/c1-5-28(27(3,4)25-14-10-7-11-15-25)17-16-23-19-24(18-21(2)26(23)20-28)22-12-8-6-9-13-22/h21-26H,5-20H2,1-4H3/t21-,23+,24+,26-,28-/m1/s1. The third-order valence-electron chi connectivity index (χ3n) is 11.2. The first-order valence-electron chi connectivity index (χ1n) is 13.5. The summed E-state index contributed by atoms with van der Waals surface area (Å²) in [6.07, 6.45) is 24.5. The minimum atomic E-state index is 0.549. The van der Waals surface area contributed by atoms with Crippen LogP contribution in [0.25, 0.3) is 0 Å². The van der Waals surface area contributed by atoms with Crippen LogP contribution in [0.2, 0.25) is 0 Å². The molecule has 0 spiro atoms. The van der Waals surface area contributed by atoms with Crippen LogP contribution < -0.4 is 0 Å². The van der Waals surface area contributed by atoms with Crippen LogP contribution in [0.15, 0.2) is 0 Å². The molecule has 0 saturated heterocycles. The first-order chi connectivity index (χ1) is 13.5. The Labute approximate surface area is 177 Å². The van der Waals surface area contributed by atoms with E-state index in [0.717, 1.165) is 35.5 Å². The van der Waals surface area contributed by atoms with E-state index in [2.05, 4.69) is 27.7 Å². The molecule has 0 N–H and O–H groups in total. The smallest absolute Gasteiger partial charge is 0.0243 e. The molecule has 0 heterocycles. The molecule has 0 nitrogen and oxygen atoms in total. The molecule has 4 saturated carbocycles. The Morgan fingerprint density at radius 1 is 0.750 bits per heavy atom. The van der Waals surface area contributed by atoms with Crippen molar-refractivity contribution in [1.82, 2.24) is 0 Å². The lowest BCUT2D eigenvalue weighted by Gasteiger charge is -2.59. The molecule has 4 rings (SSSR count). The molecular weight excluding hydrogens is 336 g/mol. The summed E-state index contributed by atoms with van der Waals surface area (Å²) in [5, 5.41) is 0. The van der Waals surface area contributed by atoms with Gasteiger partial charge < -0.3 is 0 Å². The van der Waals surface area contributed by atoms with Crippen LogP contribution in [0.3, 0.4) is 0 Å². The summed E-state index contributed by atoms with van der Waals surface area (Å²) in [7, 11) is 0. The molecule has 0 aliphatic heterocycles. The van der Waals surface area contributed by atoms with E-state index in [1.54, 1.807) is 38.5 Å². The van der Waals surface area contributed by atoms with Gasteiger partial charge in [-0.05, 0) is 97.7 Å². The Balaban J connectivity index is 1.47. The van der Waals surface area contributed by atoms with Crippen molar-refractivity contribution in [3.63, 3.8) is 0 Å². The summed E-state index contributed by atoms with van der Waals surface area (Å²) in [4.78, 5) is 0. The fourth-order valence-corrected chi connectivity index (χ4v) is 9.10. The van der Waals surface area contributed by atoms with Crippen LogP contribution >= 0.6 is 0 Å². The fourth-order valence-electron chi connectivity index (χ4n) is 9.10. The van der Waals surface area contributed by atoms with Gasteiger partial charge in [-0.25, -0.2) is 0 Å². The van der Waals surface area contributed by atoms with Gasteiger partial charge in [-0.2, -0.15) is 0 Å². The molecule has 5 atom stereocenters. The van der Waals surface area contributed by atoms with Crippen LogP contribution in [-0.2, 0) is 0 Å². The second kappa shape index (κ2) is 8.63. The summed E-state index contributed by atoms with van der Waals surface area (Å²) >= 11 is 0. The van der Waals surface area contributed by atoms with Gasteiger partial charge in [-0.15, -0.1) is 0 Å². The molecule has 0 unspecified atom stereocenters. The van der Waals surface area contributed by atoms with Crippen LogP contribution in [0.5, 0.6) is 0 Å². The Morgan fingerprint density at radius 2 is 1.39 bits per heavy atom. The quantitative estimate of drug-likeness (QED) is 0.452. The molecule has 162 valence electrons. The Kier molecular flexibility index (Phi) is 6.54. The average molecular weight is 387 g/mol. The lowest BCUT2D eigenvalue weighted by molar-refractivity contribution is -0.0954. The minimum absolute atomic E-state index is 0.549. The van der Waals surface area contributed by atoms with Gasteiger partial charge >= 0.3 is 0 Å². The highest BCUT2D eigenvalue weighted by atomic mass is 14.6. The van der Waals surface area contributed by atoms with E-state index < -0.39 is 0 Å². The summed E-state index contributed by atoms with van der Waals surface area (Å²) in [6.45, 7) is 10.6. The van der Waals surface area contributed by atoms with Gasteiger partial charge in [0.15, 0.2) is 0 Å². The van der Waals surface area contributed by atoms with Gasteiger partial charge in [0.2, 0.25) is 0 Å². The molecule has 0 aromatic rings. The molecule has 0 aromatic carbocycles. The lowest BCUT2D eigenvalue weighted by atomic mass is 9.46. The van der Waals surface area contributed by atoms with Gasteiger partial charge in [0.05, 0.1) is 0 Å². The van der Waals surface area contributed by atoms with Crippen molar-refractivity contribution in [1.29, 1.82) is 0 Å². The molecule has 0 radical (unpaired) electrons. The summed E-state index contributed by atoms with van der Waals surface area (Å²) < 4.78 is 0. The maximum Gasteiger partial charge on any atom is -0.0243 e. The van der Waals surface area contributed by atoms with Gasteiger partial charge in [0.1, 0.15) is 0 Å². The van der Waals surface area contributed by atoms with Gasteiger partial charge in [-0.1, -0.05) is 79.1 Å². The van der Waals surface area contributed by atoms with Crippen LogP contribution in [-0.4, -0.2) is 0 Å². The van der Waals surface area contributed by atoms with E-state index in [0.29, 0.717) is 10.8 Å². The first-order valence-corrected chi connectivity index (χ1v) is 13.5. The highest BCUT2D eigenvalue weighted by molar-refractivity contribution is 5.03. The third kappa shape index (κ3) is 3.85. The first kappa shape index (κ1) is 21.2. The molecule has 0 amide bonds. The van der Waals surface area contributed by atoms with Crippen molar-refractivity contribution in [2.75, 3.05) is 0 Å². The van der Waals surface area contributed by atoms with E-state index in [9.17, 15) is 0 Å². The van der Waals surface area contributed by atoms with Crippen LogP contribution in [0, 0.1) is 46.3 Å². The average Bonchev–Trinajstić information content (AvgIpc) is 2.74. The highest BCUT2D eigenvalue weighted by Gasteiger charge is 2.53. The largest absolute Gasteiger partial charge is 0.0648 e. The summed E-state index contributed by atoms with van der Waals surface area (Å²) in [6, 6.07) is 0. The van der Waals surface area contributed by atoms with Crippen molar-refractivity contribution in [2.45, 2.75) is 130 Å². The summed E-state index contributed by atoms with van der Waals surface area (Å²) in [5.74, 6) is 6.25. The Bertz CT molecular complexity index is 492. The predicted molar refractivity (Wildman–Crippen MR) is 122 cm³/mol. The second-order valence-electron chi connectivity index (χ2n) is 12.5. The number of fused-ring (bicyclic) bond motifs is 1. The van der Waals surface area contributed by atoms with Crippen molar-refractivity contribution in [3.05, 3.63) is 0 Å². The van der Waals surface area contributed by atoms with E-state index in [-0.39, 0.29) is 0 Å². The van der Waals surface area contributed by atoms with Crippen molar-refractivity contribution < 1.29 is 0 Å². The van der Waals surface area contributed by atoms with Gasteiger partial charge in [0.25, 0.3) is 0 Å². The molecule has 4 aliphatic carbocycles. The third-order valence-corrected chi connectivity index (χ3v) is 11.2. The fraction of sp³-hybridized carbons (Fsp3) is 1.00. The molecule has 28 heavy (non-hydrogen) atoms. The highest BCUT2D eigenvalue weighted by Crippen LogP contribution is 2.63. The molecule has 0 bridgehead atoms. The van der Waals surface area contributed by atoms with E-state index in [4.69, 9.17) is 0 Å². The monoisotopic (exact) mass is 386 g/mol. The maximum absolute atomic E-state index is 2.70. The van der Waals surface area contributed by atoms with Gasteiger partial charge in [0, 0.05) is 0 Å². The van der Waals surface area contributed by atoms with Gasteiger partial charge in [-0.3, -0.25) is 0 Å². The van der Waals surface area contributed by atoms with E-state index in [1.165, 1.54) is 64.2 Å². The molecule has 4 fully saturated rings. The second-order valence-corrected chi connectivity index (χ2v) is 12.5. The zero-order valence-electron chi connectivity index (χ0n) is 19.8. The van der Waals surface area contributed by atoms with Crippen LogP contribution in [0.1, 0.15) is 130 Å². The van der Waals surface area contributed by atoms with E-state index >= 15 is 0 Å². The van der Waals surface area contributed by atoms with E-state index in [1.807, 2.05) is 0 Å². The molecule has 4 aliphatic rings. The van der Waals surface area contributed by atoms with Crippen molar-refractivity contribution >= 4 is 0 Å². The predicted octanol–water partition coefficient (Wildman–Crippen LogP) is 9.03. The molecule has 0 aromatic heterocycles. The molecule has 0 heteroatoms. The number of rotatable bonds is 4. The normalized spacial score (nSPS) is 41.6. The Hall–Kier alpha value is 0. The summed E-state index contributed by atoms with van der Waals surface area (Å²) in [5.41, 5.74) is 1.18. The zero-order chi connectivity index (χ0) is 19.8. The lowest BCUT2D eigenvalue weighted by Crippen LogP contribution is -2.50. The zero-order valence-corrected chi connectivity index (χ0v) is 19.8. The van der Waals surface area contributed by atoms with Crippen LogP contribution in [0.4, 0.5) is 0 Å². The molecular formula is C28H50. The topological polar surface area (TPSA) is 0 Å². The number of hydrogen-bond acceptors (Lipinski definition) is 0. The van der Waals surface area contributed by atoms with Crippen molar-refractivity contribution in [3.8, 4) is 0 Å². The SMILES string of the molecule is CC[C@@]1(C(C)(C)C2CCCCC2)CC[C@H]2C[C@@H](C3CCCCC3)C[C@@H](C)[C@H]2C1.